The molecule has 2 nitrogen and oxygen atoms in total. The maximum Gasteiger partial charge on any atom is 0.0543 e. The molecule has 2 heteroatoms. The van der Waals surface area contributed by atoms with E-state index in [9.17, 15) is 10.2 Å². The van der Waals surface area contributed by atoms with Crippen molar-refractivity contribution in [2.75, 3.05) is 6.61 Å². The third kappa shape index (κ3) is 1.24. The van der Waals surface area contributed by atoms with Crippen molar-refractivity contribution in [2.45, 2.75) is 38.7 Å². The van der Waals surface area contributed by atoms with Crippen molar-refractivity contribution in [2.24, 2.45) is 47.3 Å². The van der Waals surface area contributed by atoms with Gasteiger partial charge < -0.3 is 10.2 Å². The maximum absolute atomic E-state index is 9.94. The third-order valence-electron chi connectivity index (χ3n) is 6.86. The van der Waals surface area contributed by atoms with Gasteiger partial charge in [-0.25, -0.2) is 0 Å². The number of fused-ring (bicyclic) bond motifs is 9. The molecule has 4 saturated carbocycles. The largest absolute Gasteiger partial charge is 0.396 e. The molecule has 2 N–H and O–H groups in total. The molecule has 0 aromatic rings. The van der Waals surface area contributed by atoms with E-state index in [-0.39, 0.29) is 6.10 Å². The molecule has 96 valence electrons. The van der Waals surface area contributed by atoms with Gasteiger partial charge in [0.1, 0.15) is 0 Å². The lowest BCUT2D eigenvalue weighted by Gasteiger charge is -2.42. The van der Waals surface area contributed by atoms with Gasteiger partial charge in [0, 0.05) is 6.61 Å². The normalized spacial score (nSPS) is 60.9. The Labute approximate surface area is 103 Å². The zero-order chi connectivity index (χ0) is 11.7. The van der Waals surface area contributed by atoms with E-state index in [1.807, 2.05) is 6.92 Å². The van der Waals surface area contributed by atoms with Gasteiger partial charge >= 0.3 is 0 Å². The summed E-state index contributed by atoms with van der Waals surface area (Å²) in [5.74, 6) is 6.43. The predicted molar refractivity (Wildman–Crippen MR) is 65.2 cm³/mol. The highest BCUT2D eigenvalue weighted by Gasteiger charge is 2.64. The smallest absolute Gasteiger partial charge is 0.0543 e. The van der Waals surface area contributed by atoms with E-state index >= 15 is 0 Å². The van der Waals surface area contributed by atoms with Crippen LogP contribution < -0.4 is 0 Å². The highest BCUT2D eigenvalue weighted by molar-refractivity contribution is 5.13. The van der Waals surface area contributed by atoms with E-state index in [1.165, 1.54) is 25.7 Å². The summed E-state index contributed by atoms with van der Waals surface area (Å²) in [5, 5.41) is 19.4. The van der Waals surface area contributed by atoms with E-state index in [0.717, 1.165) is 35.5 Å². The molecule has 0 aliphatic heterocycles. The summed E-state index contributed by atoms with van der Waals surface area (Å²) in [6.45, 7) is 2.39. The van der Waals surface area contributed by atoms with Crippen molar-refractivity contribution < 1.29 is 10.2 Å². The molecule has 9 unspecified atom stereocenters. The minimum absolute atomic E-state index is 0.113. The number of rotatable bonds is 2. The van der Waals surface area contributed by atoms with Gasteiger partial charge in [-0.15, -0.1) is 0 Å². The molecule has 9 atom stereocenters. The summed E-state index contributed by atoms with van der Waals surface area (Å²) in [6, 6.07) is 0. The van der Waals surface area contributed by atoms with E-state index in [1.54, 1.807) is 0 Å². The molecule has 0 saturated heterocycles. The molecule has 0 aromatic carbocycles. The standard InChI is InChI=1S/C15H24O2/c1-7(17)11-3-9-5-13(11)15-12-4-8(14(9)15)2-10(12)6-16/h7-17H,2-6H2,1H3. The first-order valence-electron chi connectivity index (χ1n) is 7.49. The van der Waals surface area contributed by atoms with Gasteiger partial charge in [0.25, 0.3) is 0 Å². The Kier molecular flexibility index (Phi) is 2.21. The molecule has 0 spiro atoms. The van der Waals surface area contributed by atoms with Gasteiger partial charge in [0.15, 0.2) is 0 Å². The SMILES string of the molecule is CC(O)C1CC2CC1C1C3CC(CC3CO)C21. The summed E-state index contributed by atoms with van der Waals surface area (Å²) in [7, 11) is 0. The Balaban J connectivity index is 1.62. The Bertz CT molecular complexity index is 327. The predicted octanol–water partition coefficient (Wildman–Crippen LogP) is 1.90. The molecule has 17 heavy (non-hydrogen) atoms. The maximum atomic E-state index is 9.94. The molecule has 4 rings (SSSR count). The summed E-state index contributed by atoms with van der Waals surface area (Å²) in [4.78, 5) is 0. The topological polar surface area (TPSA) is 40.5 Å². The number of hydrogen-bond donors (Lipinski definition) is 2. The molecule has 0 heterocycles. The molecule has 4 aliphatic carbocycles. The van der Waals surface area contributed by atoms with E-state index in [2.05, 4.69) is 0 Å². The number of aliphatic hydroxyl groups is 2. The van der Waals surface area contributed by atoms with Crippen LogP contribution in [-0.2, 0) is 0 Å². The van der Waals surface area contributed by atoms with Gasteiger partial charge in [-0.3, -0.25) is 0 Å². The lowest BCUT2D eigenvalue weighted by atomic mass is 9.64. The van der Waals surface area contributed by atoms with Crippen LogP contribution in [0, 0.1) is 47.3 Å². The Morgan fingerprint density at radius 2 is 1.71 bits per heavy atom. The van der Waals surface area contributed by atoms with Crippen LogP contribution >= 0.6 is 0 Å². The third-order valence-corrected chi connectivity index (χ3v) is 6.86. The average molecular weight is 236 g/mol. The number of aliphatic hydroxyl groups excluding tert-OH is 2. The lowest BCUT2D eigenvalue weighted by molar-refractivity contribution is 0.00598. The second-order valence-corrected chi connectivity index (χ2v) is 7.29. The highest BCUT2D eigenvalue weighted by Crippen LogP contribution is 2.70. The van der Waals surface area contributed by atoms with Gasteiger partial charge in [0.2, 0.25) is 0 Å². The summed E-state index contributed by atoms with van der Waals surface area (Å²) < 4.78 is 0. The average Bonchev–Trinajstić information content (AvgIpc) is 3.04. The fourth-order valence-corrected chi connectivity index (χ4v) is 6.56. The molecule has 4 fully saturated rings. The van der Waals surface area contributed by atoms with Crippen molar-refractivity contribution in [3.05, 3.63) is 0 Å². The van der Waals surface area contributed by atoms with E-state index in [0.29, 0.717) is 18.4 Å². The second-order valence-electron chi connectivity index (χ2n) is 7.29. The zero-order valence-electron chi connectivity index (χ0n) is 10.6. The summed E-state index contributed by atoms with van der Waals surface area (Å²) in [5.41, 5.74) is 0. The summed E-state index contributed by atoms with van der Waals surface area (Å²) >= 11 is 0. The van der Waals surface area contributed by atoms with Crippen molar-refractivity contribution in [3.8, 4) is 0 Å². The van der Waals surface area contributed by atoms with E-state index < -0.39 is 0 Å². The van der Waals surface area contributed by atoms with Crippen molar-refractivity contribution in [3.63, 3.8) is 0 Å². The van der Waals surface area contributed by atoms with Crippen molar-refractivity contribution in [1.29, 1.82) is 0 Å². The van der Waals surface area contributed by atoms with Crippen molar-refractivity contribution in [1.82, 2.24) is 0 Å². The Morgan fingerprint density at radius 3 is 2.41 bits per heavy atom. The monoisotopic (exact) mass is 236 g/mol. The first-order valence-corrected chi connectivity index (χ1v) is 7.49. The summed E-state index contributed by atoms with van der Waals surface area (Å²) in [6.07, 6.45) is 5.25. The molecule has 4 aliphatic rings. The van der Waals surface area contributed by atoms with Crippen LogP contribution in [0.1, 0.15) is 32.6 Å². The van der Waals surface area contributed by atoms with Crippen LogP contribution in [0.15, 0.2) is 0 Å². The highest BCUT2D eigenvalue weighted by atomic mass is 16.3. The van der Waals surface area contributed by atoms with Gasteiger partial charge in [0.05, 0.1) is 6.10 Å². The molecular formula is C15H24O2. The van der Waals surface area contributed by atoms with Crippen LogP contribution in [-0.4, -0.2) is 22.9 Å². The molecule has 0 aromatic heterocycles. The lowest BCUT2D eigenvalue weighted by Crippen LogP contribution is -2.39. The minimum atomic E-state index is -0.113. The van der Waals surface area contributed by atoms with Crippen LogP contribution in [0.4, 0.5) is 0 Å². The van der Waals surface area contributed by atoms with Crippen LogP contribution in [0.5, 0.6) is 0 Å². The molecular weight excluding hydrogens is 212 g/mol. The Hall–Kier alpha value is -0.0800. The minimum Gasteiger partial charge on any atom is -0.396 e. The fourth-order valence-electron chi connectivity index (χ4n) is 6.56. The Morgan fingerprint density at radius 1 is 1.00 bits per heavy atom. The quantitative estimate of drug-likeness (QED) is 0.719. The fraction of sp³-hybridized carbons (Fsp3) is 1.00. The van der Waals surface area contributed by atoms with Crippen molar-refractivity contribution >= 4 is 0 Å². The molecule has 0 radical (unpaired) electrons. The van der Waals surface area contributed by atoms with Gasteiger partial charge in [-0.2, -0.15) is 0 Å². The van der Waals surface area contributed by atoms with Crippen LogP contribution in [0.2, 0.25) is 0 Å². The second kappa shape index (κ2) is 3.48. The first-order chi connectivity index (χ1) is 8.20. The number of hydrogen-bond acceptors (Lipinski definition) is 2. The van der Waals surface area contributed by atoms with Crippen LogP contribution in [0.3, 0.4) is 0 Å². The molecule has 0 amide bonds. The molecule has 4 bridgehead atoms. The van der Waals surface area contributed by atoms with Crippen LogP contribution in [0.25, 0.3) is 0 Å². The van der Waals surface area contributed by atoms with E-state index in [4.69, 9.17) is 0 Å². The van der Waals surface area contributed by atoms with Gasteiger partial charge in [-0.05, 0) is 80.0 Å². The zero-order valence-corrected chi connectivity index (χ0v) is 10.6. The first kappa shape index (κ1) is 10.8. The van der Waals surface area contributed by atoms with Gasteiger partial charge in [-0.1, -0.05) is 0 Å².